The first kappa shape index (κ1) is 16.2. The molecule has 0 radical (unpaired) electrons. The molecule has 0 amide bonds. The van der Waals surface area contributed by atoms with E-state index in [2.05, 4.69) is 58.5 Å². The molecule has 0 heterocycles. The van der Waals surface area contributed by atoms with Crippen molar-refractivity contribution in [3.05, 3.63) is 69.7 Å². The molecule has 0 spiro atoms. The van der Waals surface area contributed by atoms with E-state index >= 15 is 0 Å². The van der Waals surface area contributed by atoms with Crippen LogP contribution in [0.4, 0.5) is 0 Å². The third-order valence-electron chi connectivity index (χ3n) is 3.54. The summed E-state index contributed by atoms with van der Waals surface area (Å²) in [4.78, 5) is 0. The first-order valence-electron chi connectivity index (χ1n) is 7.25. The van der Waals surface area contributed by atoms with Crippen LogP contribution in [0.2, 0.25) is 0 Å². The molecule has 2 aromatic rings. The van der Waals surface area contributed by atoms with Gasteiger partial charge in [-0.1, -0.05) is 65.3 Å². The van der Waals surface area contributed by atoms with Crippen molar-refractivity contribution in [2.75, 3.05) is 13.6 Å². The summed E-state index contributed by atoms with van der Waals surface area (Å²) in [6, 6.07) is 16.9. The van der Waals surface area contributed by atoms with Crippen molar-refractivity contribution in [2.45, 2.75) is 26.1 Å². The molecule has 112 valence electrons. The molecule has 0 saturated carbocycles. The predicted octanol–water partition coefficient (Wildman–Crippen LogP) is 4.49. The summed E-state index contributed by atoms with van der Waals surface area (Å²) in [6.07, 6.45) is 0. The van der Waals surface area contributed by atoms with Crippen LogP contribution in [0.15, 0.2) is 53.0 Å². The van der Waals surface area contributed by atoms with Gasteiger partial charge in [0.2, 0.25) is 0 Å². The summed E-state index contributed by atoms with van der Waals surface area (Å²) in [5.41, 5.74) is 3.75. The molecule has 0 aliphatic rings. The van der Waals surface area contributed by atoms with Crippen molar-refractivity contribution in [1.82, 2.24) is 5.32 Å². The van der Waals surface area contributed by atoms with Gasteiger partial charge < -0.3 is 10.1 Å². The Balaban J connectivity index is 1.85. The summed E-state index contributed by atoms with van der Waals surface area (Å²) in [5.74, 6) is 0.533. The van der Waals surface area contributed by atoms with Crippen molar-refractivity contribution >= 4 is 15.9 Å². The highest BCUT2D eigenvalue weighted by molar-refractivity contribution is 9.10. The first-order valence-corrected chi connectivity index (χ1v) is 8.04. The van der Waals surface area contributed by atoms with Crippen molar-refractivity contribution in [3.63, 3.8) is 0 Å². The van der Waals surface area contributed by atoms with E-state index in [1.54, 1.807) is 0 Å². The number of hydrogen-bond donors (Lipinski definition) is 1. The van der Waals surface area contributed by atoms with Crippen LogP contribution in [-0.4, -0.2) is 13.6 Å². The molecule has 21 heavy (non-hydrogen) atoms. The van der Waals surface area contributed by atoms with Gasteiger partial charge in [-0.3, -0.25) is 0 Å². The smallest absolute Gasteiger partial charge is 0.0732 e. The van der Waals surface area contributed by atoms with Crippen LogP contribution < -0.4 is 5.32 Å². The van der Waals surface area contributed by atoms with Gasteiger partial charge >= 0.3 is 0 Å². The molecule has 3 heteroatoms. The standard InChI is InChI=1S/C18H22BrNO/c1-14(11-20-2)16-9-7-15(8-10-16)12-21-13-17-5-3-4-6-18(17)19/h3-10,14,20H,11-13H2,1-2H3. The molecule has 1 N–H and O–H groups in total. The number of ether oxygens (including phenoxy) is 1. The van der Waals surface area contributed by atoms with E-state index < -0.39 is 0 Å². The third-order valence-corrected chi connectivity index (χ3v) is 4.32. The number of rotatable bonds is 7. The summed E-state index contributed by atoms with van der Waals surface area (Å²) in [6.45, 7) is 4.49. The fourth-order valence-corrected chi connectivity index (χ4v) is 2.66. The highest BCUT2D eigenvalue weighted by Gasteiger charge is 2.04. The van der Waals surface area contributed by atoms with Crippen LogP contribution in [-0.2, 0) is 18.0 Å². The number of likely N-dealkylation sites (N-methyl/N-ethyl adjacent to an activating group) is 1. The zero-order valence-corrected chi connectivity index (χ0v) is 14.2. The molecule has 0 fully saturated rings. The molecule has 2 aromatic carbocycles. The van der Waals surface area contributed by atoms with E-state index in [0.29, 0.717) is 19.1 Å². The average Bonchev–Trinajstić information content (AvgIpc) is 2.50. The molecular formula is C18H22BrNO. The number of halogens is 1. The Labute approximate surface area is 135 Å². The maximum Gasteiger partial charge on any atom is 0.0732 e. The Morgan fingerprint density at radius 3 is 2.43 bits per heavy atom. The van der Waals surface area contributed by atoms with E-state index in [-0.39, 0.29) is 0 Å². The summed E-state index contributed by atoms with van der Waals surface area (Å²) in [7, 11) is 1.99. The van der Waals surface area contributed by atoms with Crippen LogP contribution in [0.5, 0.6) is 0 Å². The molecule has 0 aliphatic heterocycles. The van der Waals surface area contributed by atoms with Crippen molar-refractivity contribution in [2.24, 2.45) is 0 Å². The largest absolute Gasteiger partial charge is 0.372 e. The van der Waals surface area contributed by atoms with Gasteiger partial charge in [0, 0.05) is 11.0 Å². The molecular weight excluding hydrogens is 326 g/mol. The van der Waals surface area contributed by atoms with Crippen molar-refractivity contribution in [1.29, 1.82) is 0 Å². The zero-order chi connectivity index (χ0) is 15.1. The molecule has 2 nitrogen and oxygen atoms in total. The maximum atomic E-state index is 5.79. The van der Waals surface area contributed by atoms with E-state index in [9.17, 15) is 0 Å². The Morgan fingerprint density at radius 1 is 1.05 bits per heavy atom. The van der Waals surface area contributed by atoms with Crippen LogP contribution in [0.3, 0.4) is 0 Å². The minimum atomic E-state index is 0.533. The number of hydrogen-bond acceptors (Lipinski definition) is 2. The summed E-state index contributed by atoms with van der Waals surface area (Å²) in [5, 5.41) is 3.21. The van der Waals surface area contributed by atoms with Crippen molar-refractivity contribution in [3.8, 4) is 0 Å². The molecule has 0 bridgehead atoms. The Kier molecular flexibility index (Phi) is 6.43. The van der Waals surface area contributed by atoms with Crippen molar-refractivity contribution < 1.29 is 4.74 Å². The molecule has 0 aliphatic carbocycles. The SMILES string of the molecule is CNCC(C)c1ccc(COCc2ccccc2Br)cc1. The number of benzene rings is 2. The van der Waals surface area contributed by atoms with E-state index in [1.807, 2.05) is 25.2 Å². The van der Waals surface area contributed by atoms with Gasteiger partial charge in [0.1, 0.15) is 0 Å². The molecule has 0 aromatic heterocycles. The predicted molar refractivity (Wildman–Crippen MR) is 91.4 cm³/mol. The minimum Gasteiger partial charge on any atom is -0.372 e. The quantitative estimate of drug-likeness (QED) is 0.796. The lowest BCUT2D eigenvalue weighted by Gasteiger charge is -2.12. The van der Waals surface area contributed by atoms with Gasteiger partial charge in [0.25, 0.3) is 0 Å². The summed E-state index contributed by atoms with van der Waals surface area (Å²) >= 11 is 3.54. The number of nitrogens with one attached hydrogen (secondary N) is 1. The Morgan fingerprint density at radius 2 is 1.76 bits per heavy atom. The Hall–Kier alpha value is -1.16. The summed E-state index contributed by atoms with van der Waals surface area (Å²) < 4.78 is 6.89. The maximum absolute atomic E-state index is 5.79. The van der Waals surface area contributed by atoms with Gasteiger partial charge in [-0.05, 0) is 35.7 Å². The van der Waals surface area contributed by atoms with Gasteiger partial charge in [-0.15, -0.1) is 0 Å². The Bertz CT molecular complexity index is 553. The van der Waals surface area contributed by atoms with Crippen LogP contribution >= 0.6 is 15.9 Å². The second-order valence-corrected chi connectivity index (χ2v) is 6.14. The highest BCUT2D eigenvalue weighted by atomic mass is 79.9. The van der Waals surface area contributed by atoms with E-state index in [1.165, 1.54) is 16.7 Å². The second kappa shape index (κ2) is 8.32. The molecule has 1 atom stereocenters. The van der Waals surface area contributed by atoms with Crippen LogP contribution in [0, 0.1) is 0 Å². The monoisotopic (exact) mass is 347 g/mol. The van der Waals surface area contributed by atoms with Gasteiger partial charge in [-0.2, -0.15) is 0 Å². The molecule has 1 unspecified atom stereocenters. The van der Waals surface area contributed by atoms with Gasteiger partial charge in [0.15, 0.2) is 0 Å². The molecule has 0 saturated heterocycles. The highest BCUT2D eigenvalue weighted by Crippen LogP contribution is 2.18. The van der Waals surface area contributed by atoms with Gasteiger partial charge in [-0.25, -0.2) is 0 Å². The van der Waals surface area contributed by atoms with Crippen LogP contribution in [0.1, 0.15) is 29.5 Å². The normalized spacial score (nSPS) is 12.3. The fraction of sp³-hybridized carbons (Fsp3) is 0.333. The first-order chi connectivity index (χ1) is 10.2. The van der Waals surface area contributed by atoms with E-state index in [0.717, 1.165) is 11.0 Å². The fourth-order valence-electron chi connectivity index (χ4n) is 2.26. The van der Waals surface area contributed by atoms with E-state index in [4.69, 9.17) is 4.74 Å². The lowest BCUT2D eigenvalue weighted by atomic mass is 10.00. The zero-order valence-electron chi connectivity index (χ0n) is 12.6. The van der Waals surface area contributed by atoms with Crippen LogP contribution in [0.25, 0.3) is 0 Å². The topological polar surface area (TPSA) is 21.3 Å². The average molecular weight is 348 g/mol. The molecule has 2 rings (SSSR count). The lowest BCUT2D eigenvalue weighted by Crippen LogP contribution is -2.14. The second-order valence-electron chi connectivity index (χ2n) is 5.28. The minimum absolute atomic E-state index is 0.533. The lowest BCUT2D eigenvalue weighted by molar-refractivity contribution is 0.107. The van der Waals surface area contributed by atoms with Gasteiger partial charge in [0.05, 0.1) is 13.2 Å². The third kappa shape index (κ3) is 4.95.